The minimum atomic E-state index is -0.166. The molecule has 0 saturated heterocycles. The number of anilines is 1. The number of nitrogens with one attached hydrogen (secondary N) is 1. The number of fused-ring (bicyclic) bond motifs is 1. The standard InChI is InChI=1S/C15H13N3O2S/c1-10(19)12-8-18(13-5-3-2-4-11(12)13)9-14(20)17-15-16-6-7-21-15/h2-8H,9H2,1H3,(H,16,17,20). The maximum absolute atomic E-state index is 12.1. The lowest BCUT2D eigenvalue weighted by Crippen LogP contribution is -2.18. The summed E-state index contributed by atoms with van der Waals surface area (Å²) in [6.45, 7) is 1.68. The maximum atomic E-state index is 12.1. The van der Waals surface area contributed by atoms with E-state index in [0.29, 0.717) is 10.7 Å². The van der Waals surface area contributed by atoms with Crippen molar-refractivity contribution in [3.8, 4) is 0 Å². The lowest BCUT2D eigenvalue weighted by atomic mass is 10.1. The zero-order chi connectivity index (χ0) is 14.8. The molecule has 0 aliphatic rings. The first-order chi connectivity index (χ1) is 10.1. The number of rotatable bonds is 4. The predicted octanol–water partition coefficient (Wildman–Crippen LogP) is 2.94. The summed E-state index contributed by atoms with van der Waals surface area (Å²) in [4.78, 5) is 27.8. The Balaban J connectivity index is 1.90. The number of amides is 1. The number of nitrogens with zero attached hydrogens (tertiary/aromatic N) is 2. The molecule has 0 aliphatic heterocycles. The van der Waals surface area contributed by atoms with Crippen molar-refractivity contribution < 1.29 is 9.59 Å². The minimum absolute atomic E-state index is 0.00900. The van der Waals surface area contributed by atoms with Gasteiger partial charge in [0.1, 0.15) is 6.54 Å². The summed E-state index contributed by atoms with van der Waals surface area (Å²) >= 11 is 1.37. The molecule has 3 rings (SSSR count). The van der Waals surface area contributed by atoms with E-state index in [2.05, 4.69) is 10.3 Å². The van der Waals surface area contributed by atoms with Crippen LogP contribution >= 0.6 is 11.3 Å². The Bertz CT molecular complexity index is 806. The molecule has 0 unspecified atom stereocenters. The van der Waals surface area contributed by atoms with Crippen molar-refractivity contribution in [2.45, 2.75) is 13.5 Å². The third-order valence-corrected chi connectivity index (χ3v) is 3.85. The lowest BCUT2D eigenvalue weighted by Gasteiger charge is -2.04. The van der Waals surface area contributed by atoms with Crippen molar-refractivity contribution in [1.82, 2.24) is 9.55 Å². The molecule has 21 heavy (non-hydrogen) atoms. The monoisotopic (exact) mass is 299 g/mol. The Labute approximate surface area is 125 Å². The van der Waals surface area contributed by atoms with Gasteiger partial charge in [-0.3, -0.25) is 9.59 Å². The quantitative estimate of drug-likeness (QED) is 0.753. The maximum Gasteiger partial charge on any atom is 0.246 e. The van der Waals surface area contributed by atoms with Gasteiger partial charge in [-0.15, -0.1) is 11.3 Å². The Hall–Kier alpha value is -2.47. The smallest absolute Gasteiger partial charge is 0.246 e. The van der Waals surface area contributed by atoms with E-state index in [4.69, 9.17) is 0 Å². The molecule has 1 N–H and O–H groups in total. The third-order valence-electron chi connectivity index (χ3n) is 3.16. The summed E-state index contributed by atoms with van der Waals surface area (Å²) in [5.41, 5.74) is 1.50. The molecule has 1 aromatic carbocycles. The normalized spacial score (nSPS) is 10.7. The Morgan fingerprint density at radius 3 is 2.86 bits per heavy atom. The topological polar surface area (TPSA) is 64.0 Å². The van der Waals surface area contributed by atoms with Crippen LogP contribution in [-0.2, 0) is 11.3 Å². The van der Waals surface area contributed by atoms with E-state index in [-0.39, 0.29) is 18.2 Å². The predicted molar refractivity (Wildman–Crippen MR) is 82.7 cm³/mol. The number of hydrogen-bond acceptors (Lipinski definition) is 4. The van der Waals surface area contributed by atoms with Crippen LogP contribution < -0.4 is 5.32 Å². The summed E-state index contributed by atoms with van der Waals surface area (Å²) in [7, 11) is 0. The fourth-order valence-electron chi connectivity index (χ4n) is 2.26. The van der Waals surface area contributed by atoms with E-state index in [1.807, 2.05) is 24.3 Å². The Morgan fingerprint density at radius 1 is 1.33 bits per heavy atom. The van der Waals surface area contributed by atoms with E-state index in [1.165, 1.54) is 18.3 Å². The molecule has 3 aromatic rings. The number of carbonyl (C=O) groups excluding carboxylic acids is 2. The van der Waals surface area contributed by atoms with Gasteiger partial charge in [-0.2, -0.15) is 0 Å². The lowest BCUT2D eigenvalue weighted by molar-refractivity contribution is -0.116. The number of aromatic nitrogens is 2. The van der Waals surface area contributed by atoms with Gasteiger partial charge in [-0.05, 0) is 13.0 Å². The molecule has 106 valence electrons. The van der Waals surface area contributed by atoms with Gasteiger partial charge in [0, 0.05) is 34.2 Å². The van der Waals surface area contributed by atoms with Crippen LogP contribution in [0.2, 0.25) is 0 Å². The molecule has 6 heteroatoms. The number of benzene rings is 1. The summed E-state index contributed by atoms with van der Waals surface area (Å²) in [6, 6.07) is 7.57. The number of carbonyl (C=O) groups is 2. The Kier molecular flexibility index (Phi) is 3.53. The highest BCUT2D eigenvalue weighted by molar-refractivity contribution is 7.13. The second kappa shape index (κ2) is 5.49. The van der Waals surface area contributed by atoms with Gasteiger partial charge in [0.2, 0.25) is 5.91 Å². The van der Waals surface area contributed by atoms with Crippen LogP contribution in [0.1, 0.15) is 17.3 Å². The van der Waals surface area contributed by atoms with Crippen LogP contribution in [-0.4, -0.2) is 21.2 Å². The molecule has 0 aliphatic carbocycles. The van der Waals surface area contributed by atoms with Crippen molar-refractivity contribution in [1.29, 1.82) is 0 Å². The highest BCUT2D eigenvalue weighted by atomic mass is 32.1. The molecular formula is C15H13N3O2S. The van der Waals surface area contributed by atoms with Gasteiger partial charge >= 0.3 is 0 Å². The van der Waals surface area contributed by atoms with E-state index in [0.717, 1.165) is 10.9 Å². The third kappa shape index (κ3) is 2.71. The molecular weight excluding hydrogens is 286 g/mol. The van der Waals surface area contributed by atoms with Crippen molar-refractivity contribution in [3.63, 3.8) is 0 Å². The second-order valence-electron chi connectivity index (χ2n) is 4.63. The zero-order valence-electron chi connectivity index (χ0n) is 11.4. The molecule has 2 heterocycles. The van der Waals surface area contributed by atoms with Crippen molar-refractivity contribution in [3.05, 3.63) is 47.6 Å². The molecule has 0 atom stereocenters. The van der Waals surface area contributed by atoms with E-state index >= 15 is 0 Å². The largest absolute Gasteiger partial charge is 0.337 e. The molecule has 0 saturated carbocycles. The van der Waals surface area contributed by atoms with Crippen LogP contribution in [0.3, 0.4) is 0 Å². The van der Waals surface area contributed by atoms with Gasteiger partial charge in [0.05, 0.1) is 0 Å². The summed E-state index contributed by atoms with van der Waals surface area (Å²) in [5.74, 6) is -0.175. The van der Waals surface area contributed by atoms with Gasteiger partial charge in [0.15, 0.2) is 10.9 Å². The SMILES string of the molecule is CC(=O)c1cn(CC(=O)Nc2nccs2)c2ccccc12. The Morgan fingerprint density at radius 2 is 2.14 bits per heavy atom. The highest BCUT2D eigenvalue weighted by Gasteiger charge is 2.13. The minimum Gasteiger partial charge on any atom is -0.337 e. The fraction of sp³-hybridized carbons (Fsp3) is 0.133. The summed E-state index contributed by atoms with van der Waals surface area (Å²) in [5, 5.41) is 5.98. The van der Waals surface area contributed by atoms with E-state index in [1.54, 1.807) is 22.3 Å². The molecule has 0 fully saturated rings. The first-order valence-electron chi connectivity index (χ1n) is 6.43. The van der Waals surface area contributed by atoms with Crippen LogP contribution in [0.4, 0.5) is 5.13 Å². The second-order valence-corrected chi connectivity index (χ2v) is 5.52. The fourth-order valence-corrected chi connectivity index (χ4v) is 2.80. The van der Waals surface area contributed by atoms with Crippen molar-refractivity contribution in [2.75, 3.05) is 5.32 Å². The van der Waals surface area contributed by atoms with Gasteiger partial charge in [-0.1, -0.05) is 18.2 Å². The summed E-state index contributed by atoms with van der Waals surface area (Å²) < 4.78 is 1.79. The van der Waals surface area contributed by atoms with E-state index in [9.17, 15) is 9.59 Å². The molecule has 0 bridgehead atoms. The summed E-state index contributed by atoms with van der Waals surface area (Å²) in [6.07, 6.45) is 3.37. The number of ketones is 1. The van der Waals surface area contributed by atoms with Crippen LogP contribution in [0.25, 0.3) is 10.9 Å². The van der Waals surface area contributed by atoms with E-state index < -0.39 is 0 Å². The number of hydrogen-bond donors (Lipinski definition) is 1. The van der Waals surface area contributed by atoms with Crippen LogP contribution in [0.5, 0.6) is 0 Å². The molecule has 0 radical (unpaired) electrons. The zero-order valence-corrected chi connectivity index (χ0v) is 12.2. The van der Waals surface area contributed by atoms with Crippen LogP contribution in [0.15, 0.2) is 42.0 Å². The molecule has 5 nitrogen and oxygen atoms in total. The number of para-hydroxylation sites is 1. The number of Topliss-reactive ketones (excluding diaryl/α,β-unsaturated/α-hetero) is 1. The van der Waals surface area contributed by atoms with Gasteiger partial charge in [-0.25, -0.2) is 4.98 Å². The highest BCUT2D eigenvalue weighted by Crippen LogP contribution is 2.22. The first-order valence-corrected chi connectivity index (χ1v) is 7.31. The van der Waals surface area contributed by atoms with Crippen molar-refractivity contribution in [2.24, 2.45) is 0 Å². The molecule has 0 spiro atoms. The average molecular weight is 299 g/mol. The van der Waals surface area contributed by atoms with Gasteiger partial charge in [0.25, 0.3) is 0 Å². The molecule has 2 aromatic heterocycles. The van der Waals surface area contributed by atoms with Crippen molar-refractivity contribution >= 4 is 39.1 Å². The van der Waals surface area contributed by atoms with Crippen LogP contribution in [0, 0.1) is 0 Å². The first kappa shape index (κ1) is 13.5. The number of thiazole rings is 1. The average Bonchev–Trinajstić information content (AvgIpc) is 3.07. The van der Waals surface area contributed by atoms with Gasteiger partial charge < -0.3 is 9.88 Å². The molecule has 1 amide bonds.